The summed E-state index contributed by atoms with van der Waals surface area (Å²) in [5, 5.41) is 6.97. The molecule has 0 amide bonds. The topological polar surface area (TPSA) is 61.9 Å². The molecule has 68 valence electrons. The van der Waals surface area contributed by atoms with E-state index in [0.29, 0.717) is 11.7 Å². The minimum atomic E-state index is 0.711. The van der Waals surface area contributed by atoms with E-state index in [1.54, 1.807) is 12.5 Å². The van der Waals surface area contributed by atoms with Gasteiger partial charge < -0.3 is 9.73 Å². The fourth-order valence-corrected chi connectivity index (χ4v) is 0.995. The standard InChI is InChI=1S/C8H10N4O/c1-2-7(13-5-1)6-11-12-8-9-3-4-10-8/h1-2,5-6H,3-4H2,(H2,9,10,12). The molecule has 13 heavy (non-hydrogen) atoms. The average Bonchev–Trinajstić information content (AvgIpc) is 2.75. The molecule has 2 rings (SSSR count). The number of hydrogen-bond acceptors (Lipinski definition) is 5. The second kappa shape index (κ2) is 3.75. The number of nitrogens with zero attached hydrogens (tertiary/aromatic N) is 2. The van der Waals surface area contributed by atoms with Gasteiger partial charge in [0.2, 0.25) is 5.96 Å². The third kappa shape index (κ3) is 2.08. The Hall–Kier alpha value is -1.78. The lowest BCUT2D eigenvalue weighted by atomic mass is 10.5. The molecule has 0 fully saturated rings. The summed E-state index contributed by atoms with van der Waals surface area (Å²) in [5.74, 6) is 1.42. The van der Waals surface area contributed by atoms with Crippen molar-refractivity contribution in [1.82, 2.24) is 10.7 Å². The van der Waals surface area contributed by atoms with Gasteiger partial charge in [0, 0.05) is 6.54 Å². The zero-order valence-corrected chi connectivity index (χ0v) is 7.03. The molecule has 2 N–H and O–H groups in total. The number of hydrazone groups is 1. The van der Waals surface area contributed by atoms with E-state index in [2.05, 4.69) is 20.8 Å². The van der Waals surface area contributed by atoms with Crippen LogP contribution in [0.2, 0.25) is 0 Å². The van der Waals surface area contributed by atoms with Crippen molar-refractivity contribution in [3.8, 4) is 0 Å². The molecule has 5 nitrogen and oxygen atoms in total. The van der Waals surface area contributed by atoms with Crippen LogP contribution in [0, 0.1) is 0 Å². The molecule has 1 aliphatic rings. The van der Waals surface area contributed by atoms with Crippen molar-refractivity contribution in [2.75, 3.05) is 13.1 Å². The lowest BCUT2D eigenvalue weighted by Gasteiger charge is -1.97. The van der Waals surface area contributed by atoms with Crippen LogP contribution >= 0.6 is 0 Å². The van der Waals surface area contributed by atoms with E-state index in [9.17, 15) is 0 Å². The van der Waals surface area contributed by atoms with E-state index in [1.807, 2.05) is 12.1 Å². The van der Waals surface area contributed by atoms with Crippen molar-refractivity contribution in [3.63, 3.8) is 0 Å². The first kappa shape index (κ1) is 7.85. The number of guanidine groups is 1. The van der Waals surface area contributed by atoms with E-state index >= 15 is 0 Å². The first-order valence-electron chi connectivity index (χ1n) is 4.06. The van der Waals surface area contributed by atoms with Gasteiger partial charge in [-0.15, -0.1) is 0 Å². The molecule has 0 spiro atoms. The van der Waals surface area contributed by atoms with Crippen LogP contribution < -0.4 is 10.7 Å². The van der Waals surface area contributed by atoms with Crippen molar-refractivity contribution in [2.45, 2.75) is 0 Å². The Morgan fingerprint density at radius 3 is 3.38 bits per heavy atom. The monoisotopic (exact) mass is 178 g/mol. The molecule has 1 aromatic heterocycles. The van der Waals surface area contributed by atoms with Crippen molar-refractivity contribution in [1.29, 1.82) is 0 Å². The Balaban J connectivity index is 1.85. The molecule has 0 radical (unpaired) electrons. The summed E-state index contributed by atoms with van der Waals surface area (Å²) < 4.78 is 5.05. The van der Waals surface area contributed by atoms with Gasteiger partial charge in [-0.3, -0.25) is 0 Å². The van der Waals surface area contributed by atoms with Gasteiger partial charge in [-0.1, -0.05) is 0 Å². The van der Waals surface area contributed by atoms with Gasteiger partial charge in [-0.2, -0.15) is 5.10 Å². The highest BCUT2D eigenvalue weighted by Crippen LogP contribution is 1.94. The van der Waals surface area contributed by atoms with E-state index in [0.717, 1.165) is 13.1 Å². The van der Waals surface area contributed by atoms with Crippen LogP contribution in [0.1, 0.15) is 5.76 Å². The van der Waals surface area contributed by atoms with Gasteiger partial charge in [0.1, 0.15) is 5.76 Å². The SMILES string of the molecule is C(=NNC1=NCCN1)c1ccco1. The zero-order chi connectivity index (χ0) is 8.93. The summed E-state index contributed by atoms with van der Waals surface area (Å²) in [6.07, 6.45) is 3.20. The summed E-state index contributed by atoms with van der Waals surface area (Å²) in [6.45, 7) is 1.68. The van der Waals surface area contributed by atoms with E-state index < -0.39 is 0 Å². The largest absolute Gasteiger partial charge is 0.463 e. The quantitative estimate of drug-likeness (QED) is 0.501. The van der Waals surface area contributed by atoms with Crippen molar-refractivity contribution >= 4 is 12.2 Å². The maximum Gasteiger partial charge on any atom is 0.212 e. The lowest BCUT2D eigenvalue weighted by Crippen LogP contribution is -2.30. The first-order valence-corrected chi connectivity index (χ1v) is 4.06. The number of furan rings is 1. The Kier molecular flexibility index (Phi) is 2.26. The van der Waals surface area contributed by atoms with Crippen LogP contribution in [-0.4, -0.2) is 25.3 Å². The van der Waals surface area contributed by atoms with Gasteiger partial charge in [0.25, 0.3) is 0 Å². The Morgan fingerprint density at radius 2 is 2.69 bits per heavy atom. The molecular weight excluding hydrogens is 168 g/mol. The molecule has 1 aromatic rings. The first-order chi connectivity index (χ1) is 6.45. The third-order valence-corrected chi connectivity index (χ3v) is 1.58. The fraction of sp³-hybridized carbons (Fsp3) is 0.250. The Labute approximate surface area is 75.5 Å². The molecule has 1 aliphatic heterocycles. The van der Waals surface area contributed by atoms with Crippen LogP contribution in [0.4, 0.5) is 0 Å². The van der Waals surface area contributed by atoms with Crippen molar-refractivity contribution < 1.29 is 4.42 Å². The molecule has 0 aliphatic carbocycles. The minimum absolute atomic E-state index is 0.711. The summed E-state index contributed by atoms with van der Waals surface area (Å²) >= 11 is 0. The van der Waals surface area contributed by atoms with Gasteiger partial charge >= 0.3 is 0 Å². The highest BCUT2D eigenvalue weighted by molar-refractivity contribution is 5.83. The van der Waals surface area contributed by atoms with Crippen LogP contribution in [0.25, 0.3) is 0 Å². The van der Waals surface area contributed by atoms with E-state index in [1.165, 1.54) is 0 Å². The molecule has 0 unspecified atom stereocenters. The second-order valence-electron chi connectivity index (χ2n) is 2.54. The highest BCUT2D eigenvalue weighted by Gasteiger charge is 2.01. The Bertz CT molecular complexity index is 315. The summed E-state index contributed by atoms with van der Waals surface area (Å²) in [4.78, 5) is 4.10. The van der Waals surface area contributed by atoms with Crippen LogP contribution in [0.15, 0.2) is 32.9 Å². The molecule has 0 saturated carbocycles. The fourth-order valence-electron chi connectivity index (χ4n) is 0.995. The highest BCUT2D eigenvalue weighted by atomic mass is 16.3. The van der Waals surface area contributed by atoms with Gasteiger partial charge in [0.05, 0.1) is 19.0 Å². The lowest BCUT2D eigenvalue weighted by molar-refractivity contribution is 0.560. The van der Waals surface area contributed by atoms with Crippen molar-refractivity contribution in [2.24, 2.45) is 10.1 Å². The number of nitrogens with one attached hydrogen (secondary N) is 2. The number of aliphatic imine (C=N–C) groups is 1. The second-order valence-corrected chi connectivity index (χ2v) is 2.54. The molecule has 0 bridgehead atoms. The minimum Gasteiger partial charge on any atom is -0.463 e. The normalized spacial score (nSPS) is 15.8. The molecular formula is C8H10N4O. The third-order valence-electron chi connectivity index (χ3n) is 1.58. The van der Waals surface area contributed by atoms with Crippen LogP contribution in [-0.2, 0) is 0 Å². The molecule has 0 atom stereocenters. The summed E-state index contributed by atoms with van der Waals surface area (Å²) in [7, 11) is 0. The molecule has 2 heterocycles. The van der Waals surface area contributed by atoms with Crippen LogP contribution in [0.3, 0.4) is 0 Å². The smallest absolute Gasteiger partial charge is 0.212 e. The van der Waals surface area contributed by atoms with Gasteiger partial charge in [-0.05, 0) is 12.1 Å². The van der Waals surface area contributed by atoms with Crippen LogP contribution in [0.5, 0.6) is 0 Å². The Morgan fingerprint density at radius 1 is 1.69 bits per heavy atom. The maximum absolute atomic E-state index is 5.05. The molecule has 0 saturated heterocycles. The predicted molar refractivity (Wildman–Crippen MR) is 49.7 cm³/mol. The maximum atomic E-state index is 5.05. The zero-order valence-electron chi connectivity index (χ0n) is 7.03. The van der Waals surface area contributed by atoms with Gasteiger partial charge in [-0.25, -0.2) is 10.4 Å². The summed E-state index contributed by atoms with van der Waals surface area (Å²) in [5.41, 5.74) is 2.77. The predicted octanol–water partition coefficient (Wildman–Crippen LogP) is 0.162. The number of rotatable bonds is 2. The van der Waals surface area contributed by atoms with E-state index in [4.69, 9.17) is 4.42 Å². The molecule has 5 heteroatoms. The van der Waals surface area contributed by atoms with Crippen molar-refractivity contribution in [3.05, 3.63) is 24.2 Å². The molecule has 0 aromatic carbocycles. The average molecular weight is 178 g/mol. The summed E-state index contributed by atoms with van der Waals surface area (Å²) in [6, 6.07) is 3.64. The van der Waals surface area contributed by atoms with E-state index in [-0.39, 0.29) is 0 Å². The van der Waals surface area contributed by atoms with Gasteiger partial charge in [0.15, 0.2) is 0 Å². The number of hydrogen-bond donors (Lipinski definition) is 2.